The maximum atomic E-state index is 10.8. The summed E-state index contributed by atoms with van der Waals surface area (Å²) in [6.45, 7) is 5.17. The standard InChI is InChI=1S/C18H22ClN3O4S/c19-18-5-4-17(27-18)12-21-8-6-20(7-9-21)11-15(23)13-26-16-3-1-2-14(10-16)22(24)25/h1-5,10,15,23H,6-9,11-13H2. The SMILES string of the molecule is O=[N+]([O-])c1cccc(OCC(O)CN2CCN(Cc3ccc(Cl)s3)CC2)c1. The number of non-ortho nitro benzene ring substituents is 1. The average Bonchev–Trinajstić information content (AvgIpc) is 3.06. The van der Waals surface area contributed by atoms with E-state index in [1.54, 1.807) is 23.5 Å². The zero-order valence-corrected chi connectivity index (χ0v) is 16.4. The van der Waals surface area contributed by atoms with Crippen LogP contribution >= 0.6 is 22.9 Å². The highest BCUT2D eigenvalue weighted by Gasteiger charge is 2.20. The Morgan fingerprint density at radius 2 is 1.96 bits per heavy atom. The lowest BCUT2D eigenvalue weighted by Crippen LogP contribution is -2.48. The summed E-state index contributed by atoms with van der Waals surface area (Å²) in [4.78, 5) is 16.2. The predicted molar refractivity (Wildman–Crippen MR) is 106 cm³/mol. The van der Waals surface area contributed by atoms with E-state index in [-0.39, 0.29) is 12.3 Å². The van der Waals surface area contributed by atoms with Crippen LogP contribution in [0.15, 0.2) is 36.4 Å². The molecule has 0 aliphatic carbocycles. The van der Waals surface area contributed by atoms with Crippen LogP contribution in [0.25, 0.3) is 0 Å². The van der Waals surface area contributed by atoms with Crippen molar-refractivity contribution in [2.24, 2.45) is 0 Å². The van der Waals surface area contributed by atoms with E-state index >= 15 is 0 Å². The fraction of sp³-hybridized carbons (Fsp3) is 0.444. The smallest absolute Gasteiger partial charge is 0.273 e. The van der Waals surface area contributed by atoms with Crippen LogP contribution in [0.2, 0.25) is 4.34 Å². The molecule has 1 saturated heterocycles. The van der Waals surface area contributed by atoms with E-state index in [0.29, 0.717) is 12.3 Å². The molecule has 1 aromatic heterocycles. The molecule has 0 amide bonds. The van der Waals surface area contributed by atoms with Gasteiger partial charge < -0.3 is 9.84 Å². The van der Waals surface area contributed by atoms with E-state index in [9.17, 15) is 15.2 Å². The van der Waals surface area contributed by atoms with E-state index in [1.165, 1.54) is 17.0 Å². The van der Waals surface area contributed by atoms with E-state index in [2.05, 4.69) is 15.9 Å². The lowest BCUT2D eigenvalue weighted by atomic mass is 10.2. The number of aliphatic hydroxyl groups is 1. The van der Waals surface area contributed by atoms with Gasteiger partial charge in [-0.05, 0) is 18.2 Å². The second-order valence-electron chi connectivity index (χ2n) is 6.50. The molecule has 1 unspecified atom stereocenters. The first-order chi connectivity index (χ1) is 13.0. The van der Waals surface area contributed by atoms with Crippen molar-refractivity contribution in [2.45, 2.75) is 12.6 Å². The molecule has 1 N–H and O–H groups in total. The number of hydrogen-bond acceptors (Lipinski definition) is 7. The molecule has 1 aliphatic rings. The van der Waals surface area contributed by atoms with Gasteiger partial charge >= 0.3 is 0 Å². The molecular weight excluding hydrogens is 390 g/mol. The van der Waals surface area contributed by atoms with Crippen LogP contribution in [-0.4, -0.2) is 65.3 Å². The molecule has 3 rings (SSSR count). The number of aliphatic hydroxyl groups excluding tert-OH is 1. The summed E-state index contributed by atoms with van der Waals surface area (Å²) in [5.74, 6) is 0.391. The summed E-state index contributed by atoms with van der Waals surface area (Å²) >= 11 is 7.59. The highest BCUT2D eigenvalue weighted by Crippen LogP contribution is 2.23. The molecule has 0 saturated carbocycles. The number of β-amino-alcohol motifs (C(OH)–C–C–N with tert-alkyl or cyclic N) is 1. The Morgan fingerprint density at radius 3 is 2.63 bits per heavy atom. The predicted octanol–water partition coefficient (Wildman–Crippen LogP) is 2.87. The fourth-order valence-corrected chi connectivity index (χ4v) is 4.15. The molecule has 0 spiro atoms. The first-order valence-electron chi connectivity index (χ1n) is 8.74. The number of ether oxygens (including phenoxy) is 1. The van der Waals surface area contributed by atoms with Gasteiger partial charge in [0.1, 0.15) is 18.5 Å². The van der Waals surface area contributed by atoms with Gasteiger partial charge in [-0.3, -0.25) is 19.9 Å². The third-order valence-corrected chi connectivity index (χ3v) is 5.63. The van der Waals surface area contributed by atoms with Crippen LogP contribution in [0.4, 0.5) is 5.69 Å². The van der Waals surface area contributed by atoms with Gasteiger partial charge in [0.25, 0.3) is 5.69 Å². The van der Waals surface area contributed by atoms with Gasteiger partial charge in [0, 0.05) is 50.2 Å². The molecule has 1 atom stereocenters. The largest absolute Gasteiger partial charge is 0.491 e. The van der Waals surface area contributed by atoms with E-state index in [1.807, 2.05) is 6.07 Å². The first kappa shape index (κ1) is 20.0. The van der Waals surface area contributed by atoms with Crippen molar-refractivity contribution in [2.75, 3.05) is 39.3 Å². The molecule has 1 fully saturated rings. The van der Waals surface area contributed by atoms with Crippen molar-refractivity contribution in [3.63, 3.8) is 0 Å². The zero-order valence-electron chi connectivity index (χ0n) is 14.8. The number of piperazine rings is 1. The fourth-order valence-electron chi connectivity index (χ4n) is 3.02. The summed E-state index contributed by atoms with van der Waals surface area (Å²) in [5.41, 5.74) is -0.0230. The van der Waals surface area contributed by atoms with Gasteiger partial charge in [-0.2, -0.15) is 0 Å². The van der Waals surface area contributed by atoms with E-state index in [4.69, 9.17) is 16.3 Å². The van der Waals surface area contributed by atoms with E-state index in [0.717, 1.165) is 37.1 Å². The summed E-state index contributed by atoms with van der Waals surface area (Å²) < 4.78 is 6.32. The van der Waals surface area contributed by atoms with Crippen molar-refractivity contribution >= 4 is 28.6 Å². The molecule has 146 valence electrons. The van der Waals surface area contributed by atoms with Crippen LogP contribution in [0.5, 0.6) is 5.75 Å². The van der Waals surface area contributed by atoms with Crippen LogP contribution in [0.1, 0.15) is 4.88 Å². The molecule has 2 aromatic rings. The van der Waals surface area contributed by atoms with Crippen LogP contribution in [0, 0.1) is 10.1 Å². The number of rotatable bonds is 8. The van der Waals surface area contributed by atoms with Crippen LogP contribution in [-0.2, 0) is 6.54 Å². The second kappa shape index (κ2) is 9.48. The second-order valence-corrected chi connectivity index (χ2v) is 8.30. The van der Waals surface area contributed by atoms with Crippen molar-refractivity contribution < 1.29 is 14.8 Å². The average molecular weight is 412 g/mol. The van der Waals surface area contributed by atoms with Gasteiger partial charge in [-0.15, -0.1) is 11.3 Å². The molecule has 1 aromatic carbocycles. The summed E-state index contributed by atoms with van der Waals surface area (Å²) in [5, 5.41) is 21.0. The summed E-state index contributed by atoms with van der Waals surface area (Å²) in [6, 6.07) is 9.98. The molecule has 9 heteroatoms. The zero-order chi connectivity index (χ0) is 19.2. The highest BCUT2D eigenvalue weighted by molar-refractivity contribution is 7.16. The van der Waals surface area contributed by atoms with Crippen LogP contribution < -0.4 is 4.74 Å². The molecule has 1 aliphatic heterocycles. The minimum atomic E-state index is -0.646. The topological polar surface area (TPSA) is 79.1 Å². The van der Waals surface area contributed by atoms with Gasteiger partial charge in [-0.1, -0.05) is 17.7 Å². The normalized spacial score (nSPS) is 17.0. The van der Waals surface area contributed by atoms with Gasteiger partial charge in [0.15, 0.2) is 0 Å². The summed E-state index contributed by atoms with van der Waals surface area (Å²) in [6.07, 6.45) is -0.646. The minimum absolute atomic E-state index is 0.0230. The molecule has 27 heavy (non-hydrogen) atoms. The maximum absolute atomic E-state index is 10.8. The summed E-state index contributed by atoms with van der Waals surface area (Å²) in [7, 11) is 0. The molecule has 7 nitrogen and oxygen atoms in total. The Kier molecular flexibility index (Phi) is 7.03. The maximum Gasteiger partial charge on any atom is 0.273 e. The number of halogens is 1. The lowest BCUT2D eigenvalue weighted by Gasteiger charge is -2.35. The van der Waals surface area contributed by atoms with Gasteiger partial charge in [0.05, 0.1) is 15.3 Å². The Morgan fingerprint density at radius 1 is 1.22 bits per heavy atom. The van der Waals surface area contributed by atoms with Crippen molar-refractivity contribution in [1.82, 2.24) is 9.80 Å². The molecule has 0 radical (unpaired) electrons. The van der Waals surface area contributed by atoms with Crippen molar-refractivity contribution in [1.29, 1.82) is 0 Å². The number of thiophene rings is 1. The number of nitro groups is 1. The number of nitrogens with zero attached hydrogens (tertiary/aromatic N) is 3. The lowest BCUT2D eigenvalue weighted by molar-refractivity contribution is -0.384. The van der Waals surface area contributed by atoms with Crippen LogP contribution in [0.3, 0.4) is 0 Å². The van der Waals surface area contributed by atoms with Gasteiger partial charge in [0.2, 0.25) is 0 Å². The highest BCUT2D eigenvalue weighted by atomic mass is 35.5. The Labute approximate surface area is 166 Å². The minimum Gasteiger partial charge on any atom is -0.491 e. The number of benzene rings is 1. The molecule has 2 heterocycles. The van der Waals surface area contributed by atoms with E-state index < -0.39 is 11.0 Å². The van der Waals surface area contributed by atoms with Gasteiger partial charge in [-0.25, -0.2) is 0 Å². The first-order valence-corrected chi connectivity index (χ1v) is 9.93. The molecular formula is C18H22ClN3O4S. The molecule has 0 bridgehead atoms. The monoisotopic (exact) mass is 411 g/mol. The number of hydrogen-bond donors (Lipinski definition) is 1. The Balaban J connectivity index is 1.38. The Hall–Kier alpha value is -1.71. The third-order valence-electron chi connectivity index (χ3n) is 4.41. The quantitative estimate of drug-likeness (QED) is 0.531. The third kappa shape index (κ3) is 6.15. The van der Waals surface area contributed by atoms with Crippen molar-refractivity contribution in [3.05, 3.63) is 55.7 Å². The number of nitro benzene ring substituents is 1. The Bertz CT molecular complexity index is 765. The van der Waals surface area contributed by atoms with Crippen molar-refractivity contribution in [3.8, 4) is 5.75 Å².